The minimum absolute atomic E-state index is 0.0301. The molecular formula is C20H16N2O2S. The fourth-order valence-electron chi connectivity index (χ4n) is 3.29. The third kappa shape index (κ3) is 2.79. The van der Waals surface area contributed by atoms with Crippen LogP contribution in [0.2, 0.25) is 0 Å². The smallest absolute Gasteiger partial charge is 0.160 e. The van der Waals surface area contributed by atoms with Gasteiger partial charge in [-0.15, -0.1) is 11.3 Å². The Kier molecular flexibility index (Phi) is 3.98. The standard InChI is InChI=1S/C20H16N2O2S/c1-24-17-8-4-2-6-12(17)13-10-14(13)19(23)15(11-21)20-22-16-7-3-5-9-18(16)25-20/h2-9,13-15H,10H2,1H3/t13-,14-,15+/m0/s1. The Hall–Kier alpha value is -2.71. The molecule has 1 saturated carbocycles. The number of carbonyl (C=O) groups is 1. The fourth-order valence-corrected chi connectivity index (χ4v) is 4.31. The van der Waals surface area contributed by atoms with Gasteiger partial charge in [0.25, 0.3) is 0 Å². The molecule has 1 aliphatic rings. The van der Waals surface area contributed by atoms with Gasteiger partial charge in [0.2, 0.25) is 0 Å². The highest BCUT2D eigenvalue weighted by molar-refractivity contribution is 7.18. The molecule has 4 nitrogen and oxygen atoms in total. The monoisotopic (exact) mass is 348 g/mol. The van der Waals surface area contributed by atoms with Crippen LogP contribution < -0.4 is 4.74 Å². The Morgan fingerprint density at radius 3 is 2.80 bits per heavy atom. The number of nitriles is 1. The second-order valence-electron chi connectivity index (χ2n) is 6.17. The minimum atomic E-state index is -0.790. The molecular weight excluding hydrogens is 332 g/mol. The number of fused-ring (bicyclic) bond motifs is 1. The van der Waals surface area contributed by atoms with Crippen LogP contribution >= 0.6 is 11.3 Å². The van der Waals surface area contributed by atoms with Gasteiger partial charge in [-0.3, -0.25) is 4.79 Å². The van der Waals surface area contributed by atoms with Gasteiger partial charge in [-0.25, -0.2) is 4.98 Å². The molecule has 0 amide bonds. The summed E-state index contributed by atoms with van der Waals surface area (Å²) in [5.74, 6) is -0.0160. The molecule has 25 heavy (non-hydrogen) atoms. The Bertz CT molecular complexity index is 956. The van der Waals surface area contributed by atoms with Gasteiger partial charge in [0.1, 0.15) is 10.8 Å². The van der Waals surface area contributed by atoms with Crippen LogP contribution in [0.5, 0.6) is 5.75 Å². The van der Waals surface area contributed by atoms with Crippen molar-refractivity contribution in [2.45, 2.75) is 18.3 Å². The van der Waals surface area contributed by atoms with Crippen molar-refractivity contribution in [1.29, 1.82) is 5.26 Å². The van der Waals surface area contributed by atoms with Gasteiger partial charge < -0.3 is 4.74 Å². The summed E-state index contributed by atoms with van der Waals surface area (Å²) >= 11 is 1.43. The molecule has 0 aliphatic heterocycles. The van der Waals surface area contributed by atoms with Gasteiger partial charge in [-0.05, 0) is 36.1 Å². The zero-order valence-electron chi connectivity index (χ0n) is 13.7. The maximum Gasteiger partial charge on any atom is 0.160 e. The van der Waals surface area contributed by atoms with E-state index in [1.165, 1.54) is 11.3 Å². The molecule has 1 aliphatic carbocycles. The lowest BCUT2D eigenvalue weighted by Gasteiger charge is -2.08. The van der Waals surface area contributed by atoms with E-state index in [2.05, 4.69) is 11.1 Å². The first kappa shape index (κ1) is 15.8. The van der Waals surface area contributed by atoms with E-state index >= 15 is 0 Å². The number of para-hydroxylation sites is 2. The lowest BCUT2D eigenvalue weighted by atomic mass is 9.99. The van der Waals surface area contributed by atoms with E-state index in [1.54, 1.807) is 7.11 Å². The first-order valence-electron chi connectivity index (χ1n) is 8.14. The molecule has 1 heterocycles. The number of rotatable bonds is 5. The van der Waals surface area contributed by atoms with Crippen LogP contribution in [-0.2, 0) is 4.79 Å². The van der Waals surface area contributed by atoms with Crippen LogP contribution in [-0.4, -0.2) is 17.9 Å². The van der Waals surface area contributed by atoms with E-state index in [0.29, 0.717) is 5.01 Å². The van der Waals surface area contributed by atoms with Gasteiger partial charge in [0, 0.05) is 5.92 Å². The largest absolute Gasteiger partial charge is 0.496 e. The Morgan fingerprint density at radius 1 is 1.28 bits per heavy atom. The molecule has 1 fully saturated rings. The zero-order chi connectivity index (χ0) is 17.4. The number of carbonyl (C=O) groups excluding carboxylic acids is 1. The summed E-state index contributed by atoms with van der Waals surface area (Å²) in [6.07, 6.45) is 0.766. The van der Waals surface area contributed by atoms with E-state index in [-0.39, 0.29) is 17.6 Å². The van der Waals surface area contributed by atoms with Gasteiger partial charge >= 0.3 is 0 Å². The third-order valence-electron chi connectivity index (χ3n) is 4.67. The maximum atomic E-state index is 12.9. The Morgan fingerprint density at radius 2 is 2.04 bits per heavy atom. The van der Waals surface area contributed by atoms with Gasteiger partial charge in [-0.2, -0.15) is 5.26 Å². The van der Waals surface area contributed by atoms with Crippen molar-refractivity contribution < 1.29 is 9.53 Å². The second kappa shape index (κ2) is 6.30. The summed E-state index contributed by atoms with van der Waals surface area (Å²) in [5.41, 5.74) is 1.89. The summed E-state index contributed by atoms with van der Waals surface area (Å²) in [4.78, 5) is 17.4. The first-order valence-corrected chi connectivity index (χ1v) is 8.96. The number of ether oxygens (including phenoxy) is 1. The van der Waals surface area contributed by atoms with Gasteiger partial charge in [-0.1, -0.05) is 30.3 Å². The second-order valence-corrected chi connectivity index (χ2v) is 7.24. The zero-order valence-corrected chi connectivity index (χ0v) is 14.5. The van der Waals surface area contributed by atoms with Crippen molar-refractivity contribution in [3.63, 3.8) is 0 Å². The quantitative estimate of drug-likeness (QED) is 0.690. The number of methoxy groups -OCH3 is 1. The highest BCUT2D eigenvalue weighted by Crippen LogP contribution is 2.52. The molecule has 3 atom stereocenters. The van der Waals surface area contributed by atoms with Crippen LogP contribution in [0.4, 0.5) is 0 Å². The Labute approximate surface area is 149 Å². The average Bonchev–Trinajstić information content (AvgIpc) is 3.34. The van der Waals surface area contributed by atoms with Crippen molar-refractivity contribution >= 4 is 27.3 Å². The van der Waals surface area contributed by atoms with Crippen LogP contribution in [0.1, 0.15) is 28.8 Å². The van der Waals surface area contributed by atoms with Crippen molar-refractivity contribution in [3.05, 3.63) is 59.1 Å². The number of aromatic nitrogens is 1. The number of hydrogen-bond donors (Lipinski definition) is 0. The van der Waals surface area contributed by atoms with E-state index in [4.69, 9.17) is 4.74 Å². The highest BCUT2D eigenvalue weighted by Gasteiger charge is 2.48. The van der Waals surface area contributed by atoms with Crippen LogP contribution in [0.15, 0.2) is 48.5 Å². The minimum Gasteiger partial charge on any atom is -0.496 e. The summed E-state index contributed by atoms with van der Waals surface area (Å²) in [7, 11) is 1.64. The molecule has 2 aromatic carbocycles. The molecule has 0 saturated heterocycles. The third-order valence-corrected chi connectivity index (χ3v) is 5.77. The number of ketones is 1. The molecule has 0 unspecified atom stereocenters. The molecule has 4 rings (SSSR count). The average molecular weight is 348 g/mol. The van der Waals surface area contributed by atoms with Crippen LogP contribution in [0, 0.1) is 17.2 Å². The van der Waals surface area contributed by atoms with Crippen molar-refractivity contribution in [2.75, 3.05) is 7.11 Å². The summed E-state index contributed by atoms with van der Waals surface area (Å²) in [6, 6.07) is 17.7. The number of hydrogen-bond acceptors (Lipinski definition) is 5. The van der Waals surface area contributed by atoms with Gasteiger partial charge in [0.15, 0.2) is 11.7 Å². The number of Topliss-reactive ketones (excluding diaryl/α,β-unsaturated/α-hetero) is 1. The molecule has 124 valence electrons. The van der Waals surface area contributed by atoms with Crippen molar-refractivity contribution in [2.24, 2.45) is 5.92 Å². The summed E-state index contributed by atoms with van der Waals surface area (Å²) in [5, 5.41) is 10.2. The molecule has 3 aromatic rings. The van der Waals surface area contributed by atoms with E-state index in [9.17, 15) is 10.1 Å². The lowest BCUT2D eigenvalue weighted by molar-refractivity contribution is -0.120. The first-order chi connectivity index (χ1) is 12.2. The Balaban J connectivity index is 1.59. The topological polar surface area (TPSA) is 63.0 Å². The molecule has 1 aromatic heterocycles. The van der Waals surface area contributed by atoms with Crippen LogP contribution in [0.3, 0.4) is 0 Å². The van der Waals surface area contributed by atoms with Gasteiger partial charge in [0.05, 0.1) is 23.4 Å². The maximum absolute atomic E-state index is 12.9. The molecule has 5 heteroatoms. The molecule has 0 radical (unpaired) electrons. The molecule has 0 N–H and O–H groups in total. The number of nitrogens with zero attached hydrogens (tertiary/aromatic N) is 2. The SMILES string of the molecule is COc1ccccc1[C@@H]1C[C@@H]1C(=O)[C@@H](C#N)c1nc2ccccc2s1. The van der Waals surface area contributed by atoms with E-state index in [0.717, 1.165) is 28.0 Å². The number of thiazole rings is 1. The summed E-state index contributed by atoms with van der Waals surface area (Å²) in [6.45, 7) is 0. The predicted octanol–water partition coefficient (Wildman–Crippen LogP) is 4.28. The van der Waals surface area contributed by atoms with E-state index in [1.807, 2.05) is 48.5 Å². The lowest BCUT2D eigenvalue weighted by Crippen LogP contribution is -2.13. The predicted molar refractivity (Wildman–Crippen MR) is 96.8 cm³/mol. The fraction of sp³-hybridized carbons (Fsp3) is 0.250. The van der Waals surface area contributed by atoms with Crippen LogP contribution in [0.25, 0.3) is 10.2 Å². The van der Waals surface area contributed by atoms with E-state index < -0.39 is 5.92 Å². The molecule has 0 spiro atoms. The summed E-state index contributed by atoms with van der Waals surface area (Å²) < 4.78 is 6.40. The van der Waals surface area contributed by atoms with Crippen molar-refractivity contribution in [1.82, 2.24) is 4.98 Å². The molecule has 0 bridgehead atoms. The normalized spacial score (nSPS) is 20.0. The highest BCUT2D eigenvalue weighted by atomic mass is 32.1. The number of benzene rings is 2. The van der Waals surface area contributed by atoms with Crippen molar-refractivity contribution in [3.8, 4) is 11.8 Å².